The lowest BCUT2D eigenvalue weighted by Crippen LogP contribution is -1.96. The maximum Gasteiger partial charge on any atom is 0.367 e. The summed E-state index contributed by atoms with van der Waals surface area (Å²) in [7, 11) is 0. The fourth-order valence-corrected chi connectivity index (χ4v) is 1.26. The van der Waals surface area contributed by atoms with E-state index in [4.69, 9.17) is 4.74 Å². The van der Waals surface area contributed by atoms with Crippen molar-refractivity contribution in [2.24, 2.45) is 0 Å². The van der Waals surface area contributed by atoms with Crippen molar-refractivity contribution in [1.82, 2.24) is 0 Å². The first kappa shape index (κ1) is 9.82. The third-order valence-electron chi connectivity index (χ3n) is 0.980. The second-order valence-corrected chi connectivity index (χ2v) is 2.92. The third-order valence-corrected chi connectivity index (χ3v) is 1.83. The van der Waals surface area contributed by atoms with Crippen LogP contribution in [0, 0.1) is 0 Å². The number of thioether (sulfide) groups is 1. The molecule has 0 radical (unpaired) electrons. The molecule has 0 saturated heterocycles. The van der Waals surface area contributed by atoms with Crippen molar-refractivity contribution in [3.63, 3.8) is 0 Å². The summed E-state index contributed by atoms with van der Waals surface area (Å²) in [6, 6.07) is 0. The molecule has 0 saturated carbocycles. The molecule has 0 bridgehead atoms. The van der Waals surface area contributed by atoms with Crippen LogP contribution in [-0.4, -0.2) is 17.7 Å². The van der Waals surface area contributed by atoms with E-state index in [9.17, 15) is 4.79 Å². The van der Waals surface area contributed by atoms with E-state index in [1.54, 1.807) is 0 Å². The number of hydrogen-bond acceptors (Lipinski definition) is 3. The summed E-state index contributed by atoms with van der Waals surface area (Å²) in [6.45, 7) is 4.40. The minimum Gasteiger partial charge on any atom is -0.458 e. The Labute approximate surface area is 66.3 Å². The van der Waals surface area contributed by atoms with Crippen LogP contribution in [0.2, 0.25) is 0 Å². The van der Waals surface area contributed by atoms with Gasteiger partial charge in [-0.05, 0) is 25.1 Å². The fourth-order valence-electron chi connectivity index (χ4n) is 0.459. The molecular formula is C7H14O2S. The van der Waals surface area contributed by atoms with Gasteiger partial charge >= 0.3 is 5.30 Å². The zero-order valence-electron chi connectivity index (χ0n) is 6.55. The molecule has 0 aromatic carbocycles. The SMILES string of the molecule is CCCCSC(=O)OCC. The molecule has 0 N–H and O–H groups in total. The van der Waals surface area contributed by atoms with Crippen molar-refractivity contribution >= 4 is 17.1 Å². The molecular weight excluding hydrogens is 148 g/mol. The van der Waals surface area contributed by atoms with Crippen LogP contribution in [0.1, 0.15) is 26.7 Å². The topological polar surface area (TPSA) is 26.3 Å². The number of carbonyl (C=O) groups is 1. The normalized spacial score (nSPS) is 9.40. The van der Waals surface area contributed by atoms with Crippen molar-refractivity contribution in [2.45, 2.75) is 26.7 Å². The van der Waals surface area contributed by atoms with E-state index >= 15 is 0 Å². The fraction of sp³-hybridized carbons (Fsp3) is 0.857. The van der Waals surface area contributed by atoms with Crippen LogP contribution < -0.4 is 0 Å². The second kappa shape index (κ2) is 6.93. The number of rotatable bonds is 4. The van der Waals surface area contributed by atoms with Crippen molar-refractivity contribution < 1.29 is 9.53 Å². The minimum absolute atomic E-state index is 0.143. The first-order valence-corrected chi connectivity index (χ1v) is 4.59. The molecule has 2 nitrogen and oxygen atoms in total. The molecule has 0 unspecified atom stereocenters. The highest BCUT2D eigenvalue weighted by Crippen LogP contribution is 2.07. The van der Waals surface area contributed by atoms with Crippen molar-refractivity contribution in [2.75, 3.05) is 12.4 Å². The highest BCUT2D eigenvalue weighted by Gasteiger charge is 1.99. The number of unbranched alkanes of at least 4 members (excludes halogenated alkanes) is 1. The first-order valence-electron chi connectivity index (χ1n) is 3.60. The molecule has 0 aromatic heterocycles. The zero-order chi connectivity index (χ0) is 7.82. The van der Waals surface area contributed by atoms with Gasteiger partial charge in [-0.25, -0.2) is 4.79 Å². The van der Waals surface area contributed by atoms with Crippen LogP contribution in [0.5, 0.6) is 0 Å². The van der Waals surface area contributed by atoms with Crippen molar-refractivity contribution in [3.05, 3.63) is 0 Å². The van der Waals surface area contributed by atoms with Gasteiger partial charge in [-0.1, -0.05) is 13.3 Å². The maximum atomic E-state index is 10.7. The smallest absolute Gasteiger partial charge is 0.367 e. The van der Waals surface area contributed by atoms with Gasteiger partial charge in [0.2, 0.25) is 0 Å². The van der Waals surface area contributed by atoms with Crippen LogP contribution in [0.15, 0.2) is 0 Å². The van der Waals surface area contributed by atoms with Crippen LogP contribution >= 0.6 is 11.8 Å². The van der Waals surface area contributed by atoms with Gasteiger partial charge in [0.1, 0.15) is 0 Å². The summed E-state index contributed by atoms with van der Waals surface area (Å²) in [4.78, 5) is 10.7. The van der Waals surface area contributed by atoms with Crippen LogP contribution in [0.25, 0.3) is 0 Å². The molecule has 0 rings (SSSR count). The average molecular weight is 162 g/mol. The molecule has 0 aromatic rings. The highest BCUT2D eigenvalue weighted by molar-refractivity contribution is 8.13. The third kappa shape index (κ3) is 5.95. The Morgan fingerprint density at radius 1 is 1.50 bits per heavy atom. The monoisotopic (exact) mass is 162 g/mol. The molecule has 0 fully saturated rings. The number of hydrogen-bond donors (Lipinski definition) is 0. The Morgan fingerprint density at radius 3 is 2.70 bits per heavy atom. The Hall–Kier alpha value is -0.180. The van der Waals surface area contributed by atoms with Gasteiger partial charge in [-0.3, -0.25) is 0 Å². The van der Waals surface area contributed by atoms with Crippen LogP contribution in [-0.2, 0) is 4.74 Å². The quantitative estimate of drug-likeness (QED) is 0.469. The van der Waals surface area contributed by atoms with Gasteiger partial charge in [0.05, 0.1) is 6.61 Å². The largest absolute Gasteiger partial charge is 0.458 e. The predicted molar refractivity (Wildman–Crippen MR) is 44.4 cm³/mol. The van der Waals surface area contributed by atoms with Gasteiger partial charge in [-0.2, -0.15) is 0 Å². The lowest BCUT2D eigenvalue weighted by Gasteiger charge is -1.98. The van der Waals surface area contributed by atoms with Gasteiger partial charge in [-0.15, -0.1) is 0 Å². The lowest BCUT2D eigenvalue weighted by molar-refractivity contribution is 0.181. The van der Waals surface area contributed by atoms with Gasteiger partial charge in [0.25, 0.3) is 0 Å². The second-order valence-electron chi connectivity index (χ2n) is 1.89. The molecule has 0 amide bonds. The van der Waals surface area contributed by atoms with Gasteiger partial charge in [0, 0.05) is 5.75 Å². The van der Waals surface area contributed by atoms with Crippen LogP contribution in [0.4, 0.5) is 4.79 Å². The minimum atomic E-state index is -0.143. The summed E-state index contributed by atoms with van der Waals surface area (Å²) in [5.74, 6) is 0.884. The Morgan fingerprint density at radius 2 is 2.20 bits per heavy atom. The Balaban J connectivity index is 3.05. The Bertz CT molecular complexity index is 93.6. The highest BCUT2D eigenvalue weighted by atomic mass is 32.2. The zero-order valence-corrected chi connectivity index (χ0v) is 7.37. The van der Waals surface area contributed by atoms with E-state index in [1.165, 1.54) is 11.8 Å². The lowest BCUT2D eigenvalue weighted by atomic mass is 10.4. The molecule has 0 aliphatic carbocycles. The van der Waals surface area contributed by atoms with E-state index < -0.39 is 0 Å². The van der Waals surface area contributed by atoms with Gasteiger partial charge < -0.3 is 4.74 Å². The van der Waals surface area contributed by atoms with E-state index in [0.29, 0.717) is 6.61 Å². The van der Waals surface area contributed by atoms with E-state index in [1.807, 2.05) is 6.92 Å². The number of carbonyl (C=O) groups excluding carboxylic acids is 1. The molecule has 3 heteroatoms. The predicted octanol–water partition coefficient (Wildman–Crippen LogP) is 2.68. The molecule has 0 atom stereocenters. The molecule has 0 heterocycles. The maximum absolute atomic E-state index is 10.7. The van der Waals surface area contributed by atoms with Crippen molar-refractivity contribution in [1.29, 1.82) is 0 Å². The summed E-state index contributed by atoms with van der Waals surface area (Å²) in [5.41, 5.74) is 0. The summed E-state index contributed by atoms with van der Waals surface area (Å²) >= 11 is 1.26. The molecule has 0 aliphatic heterocycles. The van der Waals surface area contributed by atoms with Gasteiger partial charge in [0.15, 0.2) is 0 Å². The standard InChI is InChI=1S/C7H14O2S/c1-3-5-6-10-7(8)9-4-2/h3-6H2,1-2H3. The number of ether oxygens (including phenoxy) is 1. The van der Waals surface area contributed by atoms with Crippen LogP contribution in [0.3, 0.4) is 0 Å². The summed E-state index contributed by atoms with van der Waals surface area (Å²) in [5, 5.41) is -0.143. The summed E-state index contributed by atoms with van der Waals surface area (Å²) < 4.78 is 4.71. The Kier molecular flexibility index (Phi) is 6.81. The molecule has 0 aliphatic rings. The molecule has 60 valence electrons. The summed E-state index contributed by atoms with van der Waals surface area (Å²) in [6.07, 6.45) is 2.22. The molecule has 0 spiro atoms. The molecule has 10 heavy (non-hydrogen) atoms. The van der Waals surface area contributed by atoms with E-state index in [-0.39, 0.29) is 5.30 Å². The average Bonchev–Trinajstić information content (AvgIpc) is 1.89. The first-order chi connectivity index (χ1) is 4.81. The van der Waals surface area contributed by atoms with Crippen molar-refractivity contribution in [3.8, 4) is 0 Å². The van der Waals surface area contributed by atoms with E-state index in [2.05, 4.69) is 6.92 Å². The van der Waals surface area contributed by atoms with E-state index in [0.717, 1.165) is 18.6 Å².